The highest BCUT2D eigenvalue weighted by atomic mass is 35.5. The second kappa shape index (κ2) is 7.41. The minimum Gasteiger partial charge on any atom is -0.372 e. The highest BCUT2D eigenvalue weighted by Crippen LogP contribution is 2.19. The molecule has 1 rings (SSSR count). The number of amides is 1. The maximum Gasteiger partial charge on any atom is 0.252 e. The first-order valence-electron chi connectivity index (χ1n) is 5.98. The van der Waals surface area contributed by atoms with Crippen molar-refractivity contribution in [2.45, 2.75) is 6.92 Å². The van der Waals surface area contributed by atoms with Crippen LogP contribution in [0.3, 0.4) is 0 Å². The summed E-state index contributed by atoms with van der Waals surface area (Å²) in [7, 11) is -1.68. The summed E-state index contributed by atoms with van der Waals surface area (Å²) in [6.45, 7) is 2.02. The minimum absolute atomic E-state index is 0.0135. The molecule has 0 aliphatic heterocycles. The Hall–Kier alpha value is -1.38. The molecule has 0 aliphatic rings. The zero-order valence-electron chi connectivity index (χ0n) is 11.2. The standard InChI is InChI=1S/C11H17ClN4O3S/c1-3-16-20(18,19)5-4-14-11(17)8-6-9(12)10(13-2)15-7-8/h6-7,16H,3-5H2,1-2H3,(H,13,15)(H,14,17). The zero-order valence-corrected chi connectivity index (χ0v) is 12.8. The smallest absolute Gasteiger partial charge is 0.252 e. The first-order valence-corrected chi connectivity index (χ1v) is 8.01. The molecule has 0 saturated carbocycles. The summed E-state index contributed by atoms with van der Waals surface area (Å²) in [5.41, 5.74) is 0.273. The second-order valence-electron chi connectivity index (χ2n) is 3.88. The zero-order chi connectivity index (χ0) is 15.2. The Morgan fingerprint density at radius 1 is 1.45 bits per heavy atom. The molecule has 0 spiro atoms. The number of hydrogen-bond donors (Lipinski definition) is 3. The van der Waals surface area contributed by atoms with Crippen molar-refractivity contribution in [3.05, 3.63) is 22.8 Å². The van der Waals surface area contributed by atoms with Gasteiger partial charge in [0.05, 0.1) is 16.3 Å². The first kappa shape index (κ1) is 16.7. The Morgan fingerprint density at radius 3 is 2.70 bits per heavy atom. The van der Waals surface area contributed by atoms with Crippen LogP contribution < -0.4 is 15.4 Å². The summed E-state index contributed by atoms with van der Waals surface area (Å²) >= 11 is 5.91. The van der Waals surface area contributed by atoms with E-state index in [1.807, 2.05) is 0 Å². The fraction of sp³-hybridized carbons (Fsp3) is 0.455. The van der Waals surface area contributed by atoms with E-state index in [4.69, 9.17) is 11.6 Å². The Morgan fingerprint density at radius 2 is 2.15 bits per heavy atom. The number of pyridine rings is 1. The first-order chi connectivity index (χ1) is 9.39. The molecule has 7 nitrogen and oxygen atoms in total. The van der Waals surface area contributed by atoms with Crippen molar-refractivity contribution in [1.29, 1.82) is 0 Å². The lowest BCUT2D eigenvalue weighted by Gasteiger charge is -2.08. The molecule has 0 radical (unpaired) electrons. The van der Waals surface area contributed by atoms with Crippen molar-refractivity contribution in [2.75, 3.05) is 31.2 Å². The van der Waals surface area contributed by atoms with Crippen LogP contribution in [0.15, 0.2) is 12.3 Å². The van der Waals surface area contributed by atoms with E-state index in [1.165, 1.54) is 12.3 Å². The van der Waals surface area contributed by atoms with Crippen molar-refractivity contribution in [3.8, 4) is 0 Å². The van der Waals surface area contributed by atoms with Crippen molar-refractivity contribution < 1.29 is 13.2 Å². The molecule has 0 saturated heterocycles. The number of sulfonamides is 1. The molecule has 0 bridgehead atoms. The van der Waals surface area contributed by atoms with Crippen LogP contribution in [0.4, 0.5) is 5.82 Å². The Bertz CT molecular complexity index is 577. The van der Waals surface area contributed by atoms with Crippen LogP contribution in [-0.2, 0) is 10.0 Å². The van der Waals surface area contributed by atoms with E-state index in [0.717, 1.165) is 0 Å². The molecule has 112 valence electrons. The van der Waals surface area contributed by atoms with Gasteiger partial charge in [-0.05, 0) is 6.07 Å². The highest BCUT2D eigenvalue weighted by Gasteiger charge is 2.12. The molecule has 0 atom stereocenters. The molecule has 3 N–H and O–H groups in total. The molecule has 1 aromatic heterocycles. The predicted octanol–water partition coefficient (Wildman–Crippen LogP) is 0.446. The molecule has 0 aliphatic carbocycles. The fourth-order valence-corrected chi connectivity index (χ4v) is 2.65. The molecule has 0 aromatic carbocycles. The van der Waals surface area contributed by atoms with E-state index >= 15 is 0 Å². The van der Waals surface area contributed by atoms with Crippen molar-refractivity contribution in [1.82, 2.24) is 15.0 Å². The second-order valence-corrected chi connectivity index (χ2v) is 6.21. The van der Waals surface area contributed by atoms with Gasteiger partial charge < -0.3 is 10.6 Å². The number of nitrogens with zero attached hydrogens (tertiary/aromatic N) is 1. The van der Waals surface area contributed by atoms with Crippen LogP contribution >= 0.6 is 11.6 Å². The van der Waals surface area contributed by atoms with E-state index in [0.29, 0.717) is 17.4 Å². The third kappa shape index (κ3) is 4.95. The maximum absolute atomic E-state index is 11.8. The number of nitrogens with one attached hydrogen (secondary N) is 3. The van der Waals surface area contributed by atoms with Gasteiger partial charge in [-0.15, -0.1) is 0 Å². The molecule has 0 fully saturated rings. The van der Waals surface area contributed by atoms with Crippen LogP contribution in [0.25, 0.3) is 0 Å². The summed E-state index contributed by atoms with van der Waals surface area (Å²) in [6.07, 6.45) is 1.37. The molecule has 1 amide bonds. The Kier molecular flexibility index (Phi) is 6.18. The average molecular weight is 321 g/mol. The Labute approximate surface area is 123 Å². The fourth-order valence-electron chi connectivity index (χ4n) is 1.44. The van der Waals surface area contributed by atoms with Crippen LogP contribution in [0.2, 0.25) is 5.02 Å². The number of aromatic nitrogens is 1. The molecule has 9 heteroatoms. The molecule has 0 unspecified atom stereocenters. The summed E-state index contributed by atoms with van der Waals surface area (Å²) < 4.78 is 25.1. The summed E-state index contributed by atoms with van der Waals surface area (Å²) in [5, 5.41) is 5.60. The number of carbonyl (C=O) groups excluding carboxylic acids is 1. The van der Waals surface area contributed by atoms with Gasteiger partial charge in [-0.1, -0.05) is 18.5 Å². The Balaban J connectivity index is 2.58. The van der Waals surface area contributed by atoms with Gasteiger partial charge in [-0.25, -0.2) is 18.1 Å². The summed E-state index contributed by atoms with van der Waals surface area (Å²) in [5.74, 6) is -0.130. The monoisotopic (exact) mass is 320 g/mol. The van der Waals surface area contributed by atoms with Crippen molar-refractivity contribution in [2.24, 2.45) is 0 Å². The van der Waals surface area contributed by atoms with Gasteiger partial charge >= 0.3 is 0 Å². The largest absolute Gasteiger partial charge is 0.372 e. The molecule has 20 heavy (non-hydrogen) atoms. The predicted molar refractivity (Wildman–Crippen MR) is 78.6 cm³/mol. The van der Waals surface area contributed by atoms with Gasteiger partial charge in [0.1, 0.15) is 5.82 Å². The molecule has 1 heterocycles. The van der Waals surface area contributed by atoms with Crippen LogP contribution in [0, 0.1) is 0 Å². The number of hydrogen-bond acceptors (Lipinski definition) is 5. The van der Waals surface area contributed by atoms with Gasteiger partial charge in [0.25, 0.3) is 5.91 Å². The van der Waals surface area contributed by atoms with Crippen LogP contribution in [0.5, 0.6) is 0 Å². The number of anilines is 1. The van der Waals surface area contributed by atoms with E-state index in [-0.39, 0.29) is 17.9 Å². The molecular weight excluding hydrogens is 304 g/mol. The van der Waals surface area contributed by atoms with Crippen LogP contribution in [0.1, 0.15) is 17.3 Å². The maximum atomic E-state index is 11.8. The average Bonchev–Trinajstić information content (AvgIpc) is 2.38. The number of rotatable bonds is 7. The SMILES string of the molecule is CCNS(=O)(=O)CCNC(=O)c1cnc(NC)c(Cl)c1. The highest BCUT2D eigenvalue weighted by molar-refractivity contribution is 7.89. The topological polar surface area (TPSA) is 100 Å². The third-order valence-corrected chi connectivity index (χ3v) is 4.12. The van der Waals surface area contributed by atoms with Crippen LogP contribution in [-0.4, -0.2) is 45.2 Å². The van der Waals surface area contributed by atoms with E-state index in [2.05, 4.69) is 20.3 Å². The minimum atomic E-state index is -3.34. The molecular formula is C11H17ClN4O3S. The lowest BCUT2D eigenvalue weighted by molar-refractivity contribution is 0.0956. The summed E-state index contributed by atoms with van der Waals surface area (Å²) in [6, 6.07) is 1.47. The van der Waals surface area contributed by atoms with E-state index in [9.17, 15) is 13.2 Å². The van der Waals surface area contributed by atoms with Gasteiger partial charge in [0.15, 0.2) is 0 Å². The van der Waals surface area contributed by atoms with Crippen molar-refractivity contribution in [3.63, 3.8) is 0 Å². The normalized spacial score (nSPS) is 11.2. The van der Waals surface area contributed by atoms with E-state index in [1.54, 1.807) is 14.0 Å². The summed E-state index contributed by atoms with van der Waals surface area (Å²) in [4.78, 5) is 15.8. The molecule has 1 aromatic rings. The van der Waals surface area contributed by atoms with Gasteiger partial charge in [-0.2, -0.15) is 0 Å². The van der Waals surface area contributed by atoms with E-state index < -0.39 is 15.9 Å². The lowest BCUT2D eigenvalue weighted by atomic mass is 10.2. The van der Waals surface area contributed by atoms with Crippen molar-refractivity contribution >= 4 is 33.3 Å². The number of carbonyl (C=O) groups is 1. The number of halogens is 1. The lowest BCUT2D eigenvalue weighted by Crippen LogP contribution is -2.34. The van der Waals surface area contributed by atoms with Gasteiger partial charge in [0.2, 0.25) is 10.0 Å². The quantitative estimate of drug-likeness (QED) is 0.677. The van der Waals surface area contributed by atoms with Gasteiger partial charge in [0, 0.05) is 26.3 Å². The van der Waals surface area contributed by atoms with Gasteiger partial charge in [-0.3, -0.25) is 4.79 Å². The third-order valence-electron chi connectivity index (χ3n) is 2.36.